The van der Waals surface area contributed by atoms with Crippen LogP contribution in [0.2, 0.25) is 0 Å². The van der Waals surface area contributed by atoms with Gasteiger partial charge in [0.2, 0.25) is 0 Å². The summed E-state index contributed by atoms with van der Waals surface area (Å²) < 4.78 is 2.54. The highest BCUT2D eigenvalue weighted by Crippen LogP contribution is 2.43. The molecule has 0 spiro atoms. The van der Waals surface area contributed by atoms with E-state index in [-0.39, 0.29) is 0 Å². The van der Waals surface area contributed by atoms with Crippen LogP contribution in [0.4, 0.5) is 0 Å². The van der Waals surface area contributed by atoms with Gasteiger partial charge in [0, 0.05) is 28.9 Å². The summed E-state index contributed by atoms with van der Waals surface area (Å²) in [6, 6.07) is 9.41. The standard InChI is InChI=1S/C20H22N2/c1-12-5-7-16(8-6-12)19-20-18(13(2)11-21-19)14(3)15(4)22(20)17-9-10-17/h5-8,11,17H,9-10H2,1-4H3. The lowest BCUT2D eigenvalue weighted by molar-refractivity contribution is 0.745. The molecule has 2 nitrogen and oxygen atoms in total. The van der Waals surface area contributed by atoms with E-state index in [0.717, 1.165) is 5.69 Å². The fourth-order valence-corrected chi connectivity index (χ4v) is 3.54. The molecule has 2 heteroatoms. The summed E-state index contributed by atoms with van der Waals surface area (Å²) in [6.45, 7) is 8.82. The minimum absolute atomic E-state index is 0.670. The van der Waals surface area contributed by atoms with Crippen molar-refractivity contribution in [2.24, 2.45) is 0 Å². The first-order valence-corrected chi connectivity index (χ1v) is 8.11. The molecule has 2 aromatic heterocycles. The Morgan fingerprint density at radius 1 is 1.00 bits per heavy atom. The predicted molar refractivity (Wildman–Crippen MR) is 92.4 cm³/mol. The van der Waals surface area contributed by atoms with E-state index in [1.54, 1.807) is 0 Å². The molecule has 1 aliphatic rings. The smallest absolute Gasteiger partial charge is 0.0945 e. The molecule has 0 aliphatic heterocycles. The molecule has 0 radical (unpaired) electrons. The largest absolute Gasteiger partial charge is 0.340 e. The molecule has 0 amide bonds. The first-order chi connectivity index (χ1) is 10.6. The van der Waals surface area contributed by atoms with Crippen LogP contribution in [0.3, 0.4) is 0 Å². The normalized spacial score (nSPS) is 14.7. The summed E-state index contributed by atoms with van der Waals surface area (Å²) in [4.78, 5) is 4.81. The molecule has 1 fully saturated rings. The zero-order valence-corrected chi connectivity index (χ0v) is 13.8. The van der Waals surface area contributed by atoms with E-state index in [4.69, 9.17) is 4.98 Å². The summed E-state index contributed by atoms with van der Waals surface area (Å²) in [5.41, 5.74) is 9.07. The Morgan fingerprint density at radius 3 is 2.32 bits per heavy atom. The molecule has 0 unspecified atom stereocenters. The van der Waals surface area contributed by atoms with E-state index < -0.39 is 0 Å². The van der Waals surface area contributed by atoms with Gasteiger partial charge in [0.25, 0.3) is 0 Å². The van der Waals surface area contributed by atoms with E-state index in [1.165, 1.54) is 51.7 Å². The highest BCUT2D eigenvalue weighted by molar-refractivity contribution is 5.97. The fraction of sp³-hybridized carbons (Fsp3) is 0.350. The lowest BCUT2D eigenvalue weighted by Gasteiger charge is -2.11. The Bertz CT molecular complexity index is 865. The number of aryl methyl sites for hydroxylation is 3. The van der Waals surface area contributed by atoms with Crippen molar-refractivity contribution in [1.82, 2.24) is 9.55 Å². The second kappa shape index (κ2) is 4.70. The number of pyridine rings is 1. The van der Waals surface area contributed by atoms with Crippen LogP contribution in [0.15, 0.2) is 30.5 Å². The Kier molecular flexibility index (Phi) is 2.90. The zero-order valence-electron chi connectivity index (χ0n) is 13.8. The SMILES string of the molecule is Cc1ccc(-c2ncc(C)c3c(C)c(C)n(C4CC4)c23)cc1. The average Bonchev–Trinajstić information content (AvgIpc) is 3.29. The highest BCUT2D eigenvalue weighted by atomic mass is 15.1. The van der Waals surface area contributed by atoms with Crippen LogP contribution in [0.1, 0.15) is 41.3 Å². The van der Waals surface area contributed by atoms with Gasteiger partial charge in [-0.15, -0.1) is 0 Å². The summed E-state index contributed by atoms with van der Waals surface area (Å²) in [7, 11) is 0. The van der Waals surface area contributed by atoms with Crippen molar-refractivity contribution in [3.05, 3.63) is 52.8 Å². The van der Waals surface area contributed by atoms with Gasteiger partial charge in [0.1, 0.15) is 0 Å². The first kappa shape index (κ1) is 13.6. The van der Waals surface area contributed by atoms with Crippen molar-refractivity contribution >= 4 is 10.9 Å². The van der Waals surface area contributed by atoms with Gasteiger partial charge >= 0.3 is 0 Å². The Hall–Kier alpha value is -2.09. The van der Waals surface area contributed by atoms with Gasteiger partial charge in [-0.1, -0.05) is 29.8 Å². The van der Waals surface area contributed by atoms with Gasteiger partial charge < -0.3 is 4.57 Å². The maximum absolute atomic E-state index is 4.81. The predicted octanol–water partition coefficient (Wildman–Crippen LogP) is 5.27. The monoisotopic (exact) mass is 290 g/mol. The molecule has 0 N–H and O–H groups in total. The molecule has 22 heavy (non-hydrogen) atoms. The Labute approximate surface area is 131 Å². The van der Waals surface area contributed by atoms with E-state index in [1.807, 2.05) is 6.20 Å². The van der Waals surface area contributed by atoms with Gasteiger partial charge in [0.15, 0.2) is 0 Å². The third-order valence-electron chi connectivity index (χ3n) is 5.00. The van der Waals surface area contributed by atoms with E-state index in [0.29, 0.717) is 6.04 Å². The minimum atomic E-state index is 0.670. The van der Waals surface area contributed by atoms with Gasteiger partial charge in [-0.05, 0) is 51.7 Å². The number of aromatic nitrogens is 2. The van der Waals surface area contributed by atoms with E-state index >= 15 is 0 Å². The van der Waals surface area contributed by atoms with Crippen LogP contribution in [-0.2, 0) is 0 Å². The van der Waals surface area contributed by atoms with Crippen molar-refractivity contribution in [2.45, 2.75) is 46.6 Å². The molecule has 112 valence electrons. The summed E-state index contributed by atoms with van der Waals surface area (Å²) in [5.74, 6) is 0. The molecule has 0 saturated heterocycles. The second-order valence-corrected chi connectivity index (χ2v) is 6.69. The Morgan fingerprint density at radius 2 is 1.68 bits per heavy atom. The van der Waals surface area contributed by atoms with Gasteiger partial charge in [-0.3, -0.25) is 4.98 Å². The van der Waals surface area contributed by atoms with Gasteiger partial charge in [-0.2, -0.15) is 0 Å². The number of fused-ring (bicyclic) bond motifs is 1. The van der Waals surface area contributed by atoms with Crippen molar-refractivity contribution < 1.29 is 0 Å². The number of rotatable bonds is 2. The molecule has 0 bridgehead atoms. The third kappa shape index (κ3) is 1.90. The number of hydrogen-bond donors (Lipinski definition) is 0. The van der Waals surface area contributed by atoms with Crippen LogP contribution in [0.25, 0.3) is 22.2 Å². The summed E-state index contributed by atoms with van der Waals surface area (Å²) in [5, 5.41) is 1.40. The van der Waals surface area contributed by atoms with Gasteiger partial charge in [-0.25, -0.2) is 0 Å². The second-order valence-electron chi connectivity index (χ2n) is 6.69. The quantitative estimate of drug-likeness (QED) is 0.628. The Balaban J connectivity index is 2.09. The maximum Gasteiger partial charge on any atom is 0.0945 e. The van der Waals surface area contributed by atoms with Crippen LogP contribution < -0.4 is 0 Å². The molecule has 4 rings (SSSR count). The first-order valence-electron chi connectivity index (χ1n) is 8.11. The van der Waals surface area contributed by atoms with Crippen molar-refractivity contribution in [1.29, 1.82) is 0 Å². The molecule has 1 aromatic carbocycles. The molecule has 2 heterocycles. The van der Waals surface area contributed by atoms with Crippen molar-refractivity contribution in [3.63, 3.8) is 0 Å². The lowest BCUT2D eigenvalue weighted by atomic mass is 10.0. The van der Waals surface area contributed by atoms with Crippen LogP contribution in [-0.4, -0.2) is 9.55 Å². The maximum atomic E-state index is 4.81. The molecule has 1 aliphatic carbocycles. The third-order valence-corrected chi connectivity index (χ3v) is 5.00. The molecular formula is C20H22N2. The number of nitrogens with zero attached hydrogens (tertiary/aromatic N) is 2. The van der Waals surface area contributed by atoms with Crippen LogP contribution in [0, 0.1) is 27.7 Å². The topological polar surface area (TPSA) is 17.8 Å². The van der Waals surface area contributed by atoms with Crippen molar-refractivity contribution in [3.8, 4) is 11.3 Å². The molecule has 0 atom stereocenters. The van der Waals surface area contributed by atoms with Crippen LogP contribution in [0.5, 0.6) is 0 Å². The van der Waals surface area contributed by atoms with Gasteiger partial charge in [0.05, 0.1) is 11.2 Å². The lowest BCUT2D eigenvalue weighted by Crippen LogP contribution is -1.99. The molecule has 3 aromatic rings. The zero-order chi connectivity index (χ0) is 15.4. The van der Waals surface area contributed by atoms with Crippen LogP contribution >= 0.6 is 0 Å². The highest BCUT2D eigenvalue weighted by Gasteiger charge is 2.29. The average molecular weight is 290 g/mol. The summed E-state index contributed by atoms with van der Waals surface area (Å²) in [6.07, 6.45) is 4.62. The van der Waals surface area contributed by atoms with E-state index in [2.05, 4.69) is 56.5 Å². The molecule has 1 saturated carbocycles. The number of hydrogen-bond acceptors (Lipinski definition) is 1. The van der Waals surface area contributed by atoms with Crippen molar-refractivity contribution in [2.75, 3.05) is 0 Å². The minimum Gasteiger partial charge on any atom is -0.340 e. The molecular weight excluding hydrogens is 268 g/mol. The van der Waals surface area contributed by atoms with E-state index in [9.17, 15) is 0 Å². The number of benzene rings is 1. The fourth-order valence-electron chi connectivity index (χ4n) is 3.54. The summed E-state index contributed by atoms with van der Waals surface area (Å²) >= 11 is 0.